The quantitative estimate of drug-likeness (QED) is 0.384. The number of hydrogen-bond donors (Lipinski definition) is 1. The Morgan fingerprint density at radius 2 is 1.81 bits per heavy atom. The van der Waals surface area contributed by atoms with Gasteiger partial charge in [-0.1, -0.05) is 24.1 Å². The van der Waals surface area contributed by atoms with Crippen LogP contribution >= 0.6 is 0 Å². The molecule has 1 amide bonds. The van der Waals surface area contributed by atoms with E-state index in [4.69, 9.17) is 30.4 Å². The van der Waals surface area contributed by atoms with Crippen molar-refractivity contribution in [3.05, 3.63) is 58.8 Å². The number of terminal acetylenes is 1. The molecule has 36 heavy (non-hydrogen) atoms. The van der Waals surface area contributed by atoms with E-state index < -0.39 is 18.5 Å². The molecule has 1 aliphatic rings. The molecule has 0 saturated heterocycles. The highest BCUT2D eigenvalue weighted by atomic mass is 16.5. The molecule has 1 aromatic heterocycles. The van der Waals surface area contributed by atoms with E-state index in [0.717, 1.165) is 22.4 Å². The number of nitrogens with one attached hydrogen (secondary N) is 1. The SMILES string of the molecule is C#CCNC(=O)COC(=O)c1c2c(nc3ccccc13)/C(=C/c1cc(OC)c(OC)c(OC)c1)CC2. The van der Waals surface area contributed by atoms with Crippen LogP contribution in [0.4, 0.5) is 0 Å². The Hall–Kier alpha value is -4.51. The molecule has 0 bridgehead atoms. The van der Waals surface area contributed by atoms with Crippen LogP contribution in [-0.2, 0) is 16.0 Å². The fourth-order valence-corrected chi connectivity index (χ4v) is 4.30. The number of fused-ring (bicyclic) bond motifs is 2. The van der Waals surface area contributed by atoms with Gasteiger partial charge in [0.05, 0.1) is 44.6 Å². The standard InChI is InChI=1S/C28H26N2O6/c1-5-12-29-24(31)16-36-28(32)25-19-8-6-7-9-21(19)30-26-18(10-11-20(25)26)13-17-14-22(33-2)27(35-4)23(15-17)34-3/h1,6-9,13-15H,10-12,16H2,2-4H3,(H,29,31)/b18-13+. The molecular weight excluding hydrogens is 460 g/mol. The number of aromatic nitrogens is 1. The minimum atomic E-state index is -0.574. The van der Waals surface area contributed by atoms with E-state index in [1.807, 2.05) is 42.5 Å². The maximum Gasteiger partial charge on any atom is 0.339 e. The van der Waals surface area contributed by atoms with Crippen LogP contribution in [0.3, 0.4) is 0 Å². The van der Waals surface area contributed by atoms with Gasteiger partial charge in [-0.15, -0.1) is 6.42 Å². The van der Waals surface area contributed by atoms with E-state index >= 15 is 0 Å². The van der Waals surface area contributed by atoms with E-state index in [-0.39, 0.29) is 6.54 Å². The highest BCUT2D eigenvalue weighted by Crippen LogP contribution is 2.41. The first-order valence-electron chi connectivity index (χ1n) is 11.3. The average molecular weight is 487 g/mol. The number of carbonyl (C=O) groups excluding carboxylic acids is 2. The second kappa shape index (κ2) is 10.8. The van der Waals surface area contributed by atoms with E-state index in [2.05, 4.69) is 11.2 Å². The Balaban J connectivity index is 1.75. The number of rotatable bonds is 8. The van der Waals surface area contributed by atoms with Crippen molar-refractivity contribution in [2.75, 3.05) is 34.5 Å². The molecule has 0 radical (unpaired) electrons. The predicted octanol–water partition coefficient (Wildman–Crippen LogP) is 3.65. The summed E-state index contributed by atoms with van der Waals surface area (Å²) in [6, 6.07) is 11.1. The molecule has 1 aliphatic carbocycles. The first kappa shape index (κ1) is 24.6. The van der Waals surface area contributed by atoms with Gasteiger partial charge in [-0.3, -0.25) is 4.79 Å². The monoisotopic (exact) mass is 486 g/mol. The van der Waals surface area contributed by atoms with Crippen molar-refractivity contribution in [2.45, 2.75) is 12.8 Å². The lowest BCUT2D eigenvalue weighted by atomic mass is 10.0. The predicted molar refractivity (Wildman–Crippen MR) is 136 cm³/mol. The Labute approximate surface area is 209 Å². The Morgan fingerprint density at radius 3 is 2.47 bits per heavy atom. The Kier molecular flexibility index (Phi) is 7.40. The van der Waals surface area contributed by atoms with Crippen LogP contribution in [0.1, 0.15) is 33.6 Å². The van der Waals surface area contributed by atoms with Gasteiger partial charge < -0.3 is 24.3 Å². The van der Waals surface area contributed by atoms with Crippen molar-refractivity contribution in [2.24, 2.45) is 0 Å². The molecule has 0 unspecified atom stereocenters. The second-order valence-corrected chi connectivity index (χ2v) is 8.02. The summed E-state index contributed by atoms with van der Waals surface area (Å²) < 4.78 is 21.7. The number of hydrogen-bond acceptors (Lipinski definition) is 7. The zero-order chi connectivity index (χ0) is 25.7. The lowest BCUT2D eigenvalue weighted by Crippen LogP contribution is -2.29. The number of carbonyl (C=O) groups is 2. The third-order valence-electron chi connectivity index (χ3n) is 5.90. The van der Waals surface area contributed by atoms with Crippen LogP contribution in [0, 0.1) is 12.3 Å². The summed E-state index contributed by atoms with van der Waals surface area (Å²) >= 11 is 0. The number of pyridine rings is 1. The number of ether oxygens (including phenoxy) is 4. The molecule has 2 aromatic carbocycles. The second-order valence-electron chi connectivity index (χ2n) is 8.02. The minimum Gasteiger partial charge on any atom is -0.493 e. The lowest BCUT2D eigenvalue weighted by Gasteiger charge is -2.14. The average Bonchev–Trinajstić information content (AvgIpc) is 3.30. The van der Waals surface area contributed by atoms with E-state index in [0.29, 0.717) is 46.6 Å². The fraction of sp³-hybridized carbons (Fsp3) is 0.250. The molecule has 8 nitrogen and oxygen atoms in total. The molecule has 184 valence electrons. The number of methoxy groups -OCH3 is 3. The normalized spacial score (nSPS) is 13.1. The van der Waals surface area contributed by atoms with Crippen molar-refractivity contribution in [3.8, 4) is 29.6 Å². The lowest BCUT2D eigenvalue weighted by molar-refractivity contribution is -0.123. The Morgan fingerprint density at radius 1 is 1.08 bits per heavy atom. The van der Waals surface area contributed by atoms with Gasteiger partial charge in [0.15, 0.2) is 18.1 Å². The van der Waals surface area contributed by atoms with Gasteiger partial charge in [-0.25, -0.2) is 9.78 Å². The number of amides is 1. The van der Waals surface area contributed by atoms with Gasteiger partial charge in [0.2, 0.25) is 5.75 Å². The molecule has 1 N–H and O–H groups in total. The van der Waals surface area contributed by atoms with Gasteiger partial charge in [0.1, 0.15) is 0 Å². The van der Waals surface area contributed by atoms with E-state index in [9.17, 15) is 9.59 Å². The van der Waals surface area contributed by atoms with Crippen LogP contribution in [0.15, 0.2) is 36.4 Å². The smallest absolute Gasteiger partial charge is 0.339 e. The van der Waals surface area contributed by atoms with E-state index in [1.54, 1.807) is 21.3 Å². The highest BCUT2D eigenvalue weighted by Gasteiger charge is 2.28. The summed E-state index contributed by atoms with van der Waals surface area (Å²) in [6.07, 6.45) is 8.45. The number of para-hydroxylation sites is 1. The molecule has 4 rings (SSSR count). The number of esters is 1. The van der Waals surface area contributed by atoms with Crippen molar-refractivity contribution >= 4 is 34.4 Å². The van der Waals surface area contributed by atoms with Gasteiger partial charge >= 0.3 is 5.97 Å². The Bertz CT molecular complexity index is 1380. The van der Waals surface area contributed by atoms with Gasteiger partial charge in [-0.2, -0.15) is 0 Å². The largest absolute Gasteiger partial charge is 0.493 e. The third-order valence-corrected chi connectivity index (χ3v) is 5.90. The van der Waals surface area contributed by atoms with Crippen molar-refractivity contribution in [1.29, 1.82) is 0 Å². The zero-order valence-corrected chi connectivity index (χ0v) is 20.3. The van der Waals surface area contributed by atoms with Gasteiger partial charge in [0.25, 0.3) is 5.91 Å². The van der Waals surface area contributed by atoms with Crippen molar-refractivity contribution in [1.82, 2.24) is 10.3 Å². The molecule has 0 spiro atoms. The highest BCUT2D eigenvalue weighted by molar-refractivity contribution is 6.07. The third kappa shape index (κ3) is 4.82. The summed E-state index contributed by atoms with van der Waals surface area (Å²) in [4.78, 5) is 29.9. The first-order valence-corrected chi connectivity index (χ1v) is 11.3. The fourth-order valence-electron chi connectivity index (χ4n) is 4.30. The summed E-state index contributed by atoms with van der Waals surface area (Å²) in [5, 5.41) is 3.17. The molecule has 0 aliphatic heterocycles. The van der Waals surface area contributed by atoms with Crippen LogP contribution < -0.4 is 19.5 Å². The molecule has 8 heteroatoms. The molecule has 0 saturated carbocycles. The van der Waals surface area contributed by atoms with Crippen molar-refractivity contribution < 1.29 is 28.5 Å². The number of allylic oxidation sites excluding steroid dienone is 1. The van der Waals surface area contributed by atoms with Crippen LogP contribution in [0.25, 0.3) is 22.6 Å². The van der Waals surface area contributed by atoms with Crippen LogP contribution in [0.2, 0.25) is 0 Å². The molecule has 3 aromatic rings. The topological polar surface area (TPSA) is 96.0 Å². The van der Waals surface area contributed by atoms with Crippen LogP contribution in [0.5, 0.6) is 17.2 Å². The molecule has 0 fully saturated rings. The summed E-state index contributed by atoms with van der Waals surface area (Å²) in [6.45, 7) is -0.348. The number of benzene rings is 2. The van der Waals surface area contributed by atoms with E-state index in [1.165, 1.54) is 0 Å². The molecule has 0 atom stereocenters. The summed E-state index contributed by atoms with van der Waals surface area (Å²) in [5.74, 6) is 2.87. The first-order chi connectivity index (χ1) is 17.5. The van der Waals surface area contributed by atoms with Gasteiger partial charge in [-0.05, 0) is 53.8 Å². The van der Waals surface area contributed by atoms with Crippen LogP contribution in [-0.4, -0.2) is 51.3 Å². The maximum absolute atomic E-state index is 13.2. The maximum atomic E-state index is 13.2. The van der Waals surface area contributed by atoms with Gasteiger partial charge in [0, 0.05) is 5.39 Å². The molecule has 1 heterocycles. The van der Waals surface area contributed by atoms with Crippen molar-refractivity contribution in [3.63, 3.8) is 0 Å². The number of nitrogens with zero attached hydrogens (tertiary/aromatic N) is 1. The molecular formula is C28H26N2O6. The minimum absolute atomic E-state index is 0.0685. The summed E-state index contributed by atoms with van der Waals surface area (Å²) in [5.41, 5.74) is 4.42. The zero-order valence-electron chi connectivity index (χ0n) is 20.3. The summed E-state index contributed by atoms with van der Waals surface area (Å²) in [7, 11) is 4.69.